The maximum atomic E-state index is 2.38. The van der Waals surface area contributed by atoms with Gasteiger partial charge in [-0.3, -0.25) is 0 Å². The maximum absolute atomic E-state index is 2.38. The van der Waals surface area contributed by atoms with Crippen molar-refractivity contribution in [2.24, 2.45) is 5.41 Å². The monoisotopic (exact) mass is 176 g/mol. The van der Waals surface area contributed by atoms with Crippen LogP contribution in [0.4, 0.5) is 0 Å². The molecule has 60 valence electrons. The Morgan fingerprint density at radius 1 is 1.40 bits per heavy atom. The quantitative estimate of drug-likeness (QED) is 0.556. The lowest BCUT2D eigenvalue weighted by Gasteiger charge is -2.23. The van der Waals surface area contributed by atoms with Gasteiger partial charge in [-0.25, -0.2) is 0 Å². The van der Waals surface area contributed by atoms with E-state index in [1.807, 2.05) is 0 Å². The molecule has 0 spiro atoms. The fourth-order valence-corrected chi connectivity index (χ4v) is 4.27. The first-order chi connectivity index (χ1) is 4.60. The fourth-order valence-electron chi connectivity index (χ4n) is 1.38. The highest BCUT2D eigenvalue weighted by Gasteiger charge is 2.24. The molecule has 0 nitrogen and oxygen atoms in total. The van der Waals surface area contributed by atoms with Crippen molar-refractivity contribution in [3.63, 3.8) is 0 Å². The summed E-state index contributed by atoms with van der Waals surface area (Å²) in [6.07, 6.45) is 1.38. The lowest BCUT2D eigenvalue weighted by molar-refractivity contribution is 0.389. The van der Waals surface area contributed by atoms with E-state index in [0.29, 0.717) is 5.41 Å². The minimum atomic E-state index is 0.577. The van der Waals surface area contributed by atoms with E-state index in [0.717, 1.165) is 5.25 Å². The molecule has 0 saturated carbocycles. The van der Waals surface area contributed by atoms with Crippen molar-refractivity contribution in [1.82, 2.24) is 0 Å². The SMILES string of the molecule is CC1CC(C)(C)CSCS1. The van der Waals surface area contributed by atoms with E-state index in [1.165, 1.54) is 17.3 Å². The topological polar surface area (TPSA) is 0 Å². The van der Waals surface area contributed by atoms with Crippen molar-refractivity contribution in [3.05, 3.63) is 0 Å². The average Bonchev–Trinajstić information content (AvgIpc) is 1.90. The van der Waals surface area contributed by atoms with Crippen LogP contribution in [0.15, 0.2) is 0 Å². The molecule has 1 aliphatic heterocycles. The van der Waals surface area contributed by atoms with Gasteiger partial charge in [0.2, 0.25) is 0 Å². The van der Waals surface area contributed by atoms with Crippen LogP contribution >= 0.6 is 23.5 Å². The molecule has 1 fully saturated rings. The van der Waals surface area contributed by atoms with Crippen LogP contribution < -0.4 is 0 Å². The third-order valence-corrected chi connectivity index (χ3v) is 4.70. The van der Waals surface area contributed by atoms with Gasteiger partial charge in [-0.1, -0.05) is 20.8 Å². The largest absolute Gasteiger partial charge is 0.151 e. The third kappa shape index (κ3) is 2.75. The van der Waals surface area contributed by atoms with Gasteiger partial charge in [0.05, 0.1) is 0 Å². The molecule has 0 bridgehead atoms. The van der Waals surface area contributed by atoms with Gasteiger partial charge >= 0.3 is 0 Å². The van der Waals surface area contributed by atoms with Gasteiger partial charge in [0.25, 0.3) is 0 Å². The highest BCUT2D eigenvalue weighted by atomic mass is 32.2. The molecule has 1 atom stereocenters. The van der Waals surface area contributed by atoms with E-state index < -0.39 is 0 Å². The van der Waals surface area contributed by atoms with Gasteiger partial charge in [0.1, 0.15) is 0 Å². The number of hydrogen-bond donors (Lipinski definition) is 0. The van der Waals surface area contributed by atoms with Crippen LogP contribution in [0, 0.1) is 5.41 Å². The first-order valence-corrected chi connectivity index (χ1v) is 6.00. The molecule has 1 saturated heterocycles. The summed E-state index contributed by atoms with van der Waals surface area (Å²) >= 11 is 4.19. The van der Waals surface area contributed by atoms with Gasteiger partial charge in [-0.05, 0) is 17.6 Å². The Morgan fingerprint density at radius 3 is 2.80 bits per heavy atom. The molecule has 0 aromatic rings. The summed E-state index contributed by atoms with van der Waals surface area (Å²) in [7, 11) is 0. The minimum Gasteiger partial charge on any atom is -0.151 e. The van der Waals surface area contributed by atoms with Crippen LogP contribution in [0.2, 0.25) is 0 Å². The number of thioether (sulfide) groups is 2. The first kappa shape index (κ1) is 8.79. The van der Waals surface area contributed by atoms with Crippen molar-refractivity contribution in [1.29, 1.82) is 0 Å². The Kier molecular flexibility index (Phi) is 2.99. The summed E-state index contributed by atoms with van der Waals surface area (Å²) in [4.78, 5) is 0. The Balaban J connectivity index is 2.46. The molecule has 1 aliphatic rings. The van der Waals surface area contributed by atoms with Gasteiger partial charge in [-0.15, -0.1) is 11.8 Å². The Hall–Kier alpha value is 0.700. The van der Waals surface area contributed by atoms with Crippen LogP contribution in [0.3, 0.4) is 0 Å². The normalized spacial score (nSPS) is 33.3. The van der Waals surface area contributed by atoms with E-state index in [2.05, 4.69) is 44.3 Å². The molecular formula is C8H16S2. The molecule has 1 heterocycles. The van der Waals surface area contributed by atoms with Gasteiger partial charge in [-0.2, -0.15) is 11.8 Å². The van der Waals surface area contributed by atoms with Crippen molar-refractivity contribution in [3.8, 4) is 0 Å². The second-order valence-electron chi connectivity index (χ2n) is 3.81. The second-order valence-corrected chi connectivity index (χ2v) is 6.59. The molecule has 0 aromatic heterocycles. The smallest absolute Gasteiger partial charge is 0.0394 e. The maximum Gasteiger partial charge on any atom is 0.0394 e. The van der Waals surface area contributed by atoms with Crippen molar-refractivity contribution in [2.75, 3.05) is 10.8 Å². The fraction of sp³-hybridized carbons (Fsp3) is 1.00. The second kappa shape index (κ2) is 3.40. The lowest BCUT2D eigenvalue weighted by Crippen LogP contribution is -2.17. The van der Waals surface area contributed by atoms with Crippen molar-refractivity contribution in [2.45, 2.75) is 32.4 Å². The summed E-state index contributed by atoms with van der Waals surface area (Å²) in [5.41, 5.74) is 0.577. The Labute approximate surface area is 72.5 Å². The van der Waals surface area contributed by atoms with E-state index >= 15 is 0 Å². The summed E-state index contributed by atoms with van der Waals surface area (Å²) in [5, 5.41) is 2.16. The standard InChI is InChI=1S/C8H16S2/c1-7-4-8(2,3)5-9-6-10-7/h7H,4-6H2,1-3H3. The van der Waals surface area contributed by atoms with E-state index in [9.17, 15) is 0 Å². The number of rotatable bonds is 0. The molecule has 0 aromatic carbocycles. The molecule has 0 radical (unpaired) electrons. The van der Waals surface area contributed by atoms with E-state index in [4.69, 9.17) is 0 Å². The zero-order valence-corrected chi connectivity index (χ0v) is 8.65. The van der Waals surface area contributed by atoms with Gasteiger partial charge < -0.3 is 0 Å². The van der Waals surface area contributed by atoms with E-state index in [1.54, 1.807) is 0 Å². The molecule has 0 N–H and O–H groups in total. The third-order valence-electron chi connectivity index (χ3n) is 1.77. The highest BCUT2D eigenvalue weighted by molar-refractivity contribution is 8.16. The molecular weight excluding hydrogens is 160 g/mol. The summed E-state index contributed by atoms with van der Waals surface area (Å²) < 4.78 is 0. The van der Waals surface area contributed by atoms with Crippen molar-refractivity contribution >= 4 is 23.5 Å². The summed E-state index contributed by atoms with van der Waals surface area (Å²) in [5.74, 6) is 1.34. The van der Waals surface area contributed by atoms with Crippen LogP contribution in [0.1, 0.15) is 27.2 Å². The van der Waals surface area contributed by atoms with Crippen LogP contribution in [-0.2, 0) is 0 Å². The van der Waals surface area contributed by atoms with Crippen molar-refractivity contribution < 1.29 is 0 Å². The zero-order chi connectivity index (χ0) is 7.61. The molecule has 2 heteroatoms. The molecule has 1 unspecified atom stereocenters. The van der Waals surface area contributed by atoms with Gasteiger partial charge in [0, 0.05) is 10.3 Å². The van der Waals surface area contributed by atoms with Crippen LogP contribution in [-0.4, -0.2) is 16.1 Å². The number of hydrogen-bond acceptors (Lipinski definition) is 2. The summed E-state index contributed by atoms with van der Waals surface area (Å²) in [6.45, 7) is 7.10. The van der Waals surface area contributed by atoms with E-state index in [-0.39, 0.29) is 0 Å². The Morgan fingerprint density at radius 2 is 2.10 bits per heavy atom. The highest BCUT2D eigenvalue weighted by Crippen LogP contribution is 2.37. The van der Waals surface area contributed by atoms with Crippen LogP contribution in [0.25, 0.3) is 0 Å². The zero-order valence-electron chi connectivity index (χ0n) is 7.02. The van der Waals surface area contributed by atoms with Gasteiger partial charge in [0.15, 0.2) is 0 Å². The lowest BCUT2D eigenvalue weighted by atomic mass is 9.90. The summed E-state index contributed by atoms with van der Waals surface area (Å²) in [6, 6.07) is 0. The predicted molar refractivity (Wildman–Crippen MR) is 52.8 cm³/mol. The molecule has 1 rings (SSSR count). The average molecular weight is 176 g/mol. The minimum absolute atomic E-state index is 0.577. The molecule has 0 aliphatic carbocycles. The predicted octanol–water partition coefficient (Wildman–Crippen LogP) is 3.23. The van der Waals surface area contributed by atoms with Crippen LogP contribution in [0.5, 0.6) is 0 Å². The first-order valence-electron chi connectivity index (χ1n) is 3.79. The Bertz CT molecular complexity index is 110. The molecule has 0 amide bonds. The molecule has 10 heavy (non-hydrogen) atoms.